The van der Waals surface area contributed by atoms with E-state index in [-0.39, 0.29) is 12.2 Å². The maximum absolute atomic E-state index is 13.8. The molecule has 2 aromatic rings. The zero-order valence-corrected chi connectivity index (χ0v) is 21.0. The Labute approximate surface area is 199 Å². The summed E-state index contributed by atoms with van der Waals surface area (Å²) in [7, 11) is -4.04. The third-order valence-corrected chi connectivity index (χ3v) is 6.28. The van der Waals surface area contributed by atoms with Gasteiger partial charge in [0.05, 0.1) is 11.9 Å². The van der Waals surface area contributed by atoms with Crippen LogP contribution in [0.25, 0.3) is 0 Å². The molecule has 1 atom stereocenters. The van der Waals surface area contributed by atoms with Gasteiger partial charge >= 0.3 is 0 Å². The predicted octanol–water partition coefficient (Wildman–Crippen LogP) is 3.37. The first kappa shape index (κ1) is 27.2. The average molecular weight is 496 g/mol. The van der Waals surface area contributed by atoms with Gasteiger partial charge in [0.2, 0.25) is 21.8 Å². The number of carbonyl (C=O) groups is 2. The number of rotatable bonds is 8. The van der Waals surface area contributed by atoms with Crippen LogP contribution in [-0.4, -0.2) is 49.5 Å². The van der Waals surface area contributed by atoms with Gasteiger partial charge in [-0.15, -0.1) is 0 Å². The van der Waals surface area contributed by atoms with Gasteiger partial charge in [-0.25, -0.2) is 17.2 Å². The van der Waals surface area contributed by atoms with Crippen molar-refractivity contribution in [1.29, 1.82) is 0 Å². The Morgan fingerprint density at radius 1 is 1.06 bits per heavy atom. The van der Waals surface area contributed by atoms with Gasteiger partial charge in [0.15, 0.2) is 11.6 Å². The number of aryl methyl sites for hydroxylation is 1. The van der Waals surface area contributed by atoms with Crippen LogP contribution in [0, 0.1) is 18.6 Å². The summed E-state index contributed by atoms with van der Waals surface area (Å²) in [5, 5.41) is 2.83. The van der Waals surface area contributed by atoms with E-state index in [0.717, 1.165) is 29.5 Å². The second-order valence-electron chi connectivity index (χ2n) is 9.23. The minimum absolute atomic E-state index is 0.0552. The van der Waals surface area contributed by atoms with Gasteiger partial charge in [0.25, 0.3) is 0 Å². The lowest BCUT2D eigenvalue weighted by Crippen LogP contribution is -2.54. The fraction of sp³-hybridized carbons (Fsp3) is 0.417. The molecule has 1 unspecified atom stereocenters. The highest BCUT2D eigenvalue weighted by molar-refractivity contribution is 7.92. The fourth-order valence-corrected chi connectivity index (χ4v) is 4.12. The smallest absolute Gasteiger partial charge is 0.244 e. The molecule has 0 fully saturated rings. The Bertz CT molecular complexity index is 1160. The first-order valence-electron chi connectivity index (χ1n) is 10.7. The van der Waals surface area contributed by atoms with Crippen molar-refractivity contribution in [1.82, 2.24) is 10.2 Å². The molecule has 0 heterocycles. The molecule has 0 bridgehead atoms. The van der Waals surface area contributed by atoms with Gasteiger partial charge in [-0.2, -0.15) is 0 Å². The number of carbonyl (C=O) groups excluding carboxylic acids is 2. The van der Waals surface area contributed by atoms with Crippen molar-refractivity contribution in [2.45, 2.75) is 52.7 Å². The number of benzene rings is 2. The predicted molar refractivity (Wildman–Crippen MR) is 128 cm³/mol. The van der Waals surface area contributed by atoms with E-state index in [2.05, 4.69) is 5.32 Å². The van der Waals surface area contributed by atoms with Crippen molar-refractivity contribution in [3.8, 4) is 0 Å². The molecule has 1 N–H and O–H groups in total. The normalized spacial score (nSPS) is 12.7. The quantitative estimate of drug-likeness (QED) is 0.608. The first-order chi connectivity index (χ1) is 15.6. The third kappa shape index (κ3) is 7.24. The molecule has 2 amide bonds. The van der Waals surface area contributed by atoms with Gasteiger partial charge in [0, 0.05) is 18.2 Å². The van der Waals surface area contributed by atoms with Gasteiger partial charge in [-0.3, -0.25) is 13.9 Å². The highest BCUT2D eigenvalue weighted by Gasteiger charge is 2.31. The van der Waals surface area contributed by atoms with Crippen molar-refractivity contribution < 1.29 is 26.8 Å². The highest BCUT2D eigenvalue weighted by Crippen LogP contribution is 2.22. The minimum Gasteiger partial charge on any atom is -0.350 e. The SMILES string of the molecule is Cc1ccccc1CN(C(=O)CN(c1ccc(F)c(F)c1)S(C)(=O)=O)C(C)C(=O)NC(C)(C)C. The van der Waals surface area contributed by atoms with Gasteiger partial charge in [0.1, 0.15) is 12.6 Å². The van der Waals surface area contributed by atoms with E-state index >= 15 is 0 Å². The van der Waals surface area contributed by atoms with Crippen LogP contribution in [0.3, 0.4) is 0 Å². The summed E-state index contributed by atoms with van der Waals surface area (Å²) in [4.78, 5) is 27.6. The Balaban J connectivity index is 2.44. The van der Waals surface area contributed by atoms with Crippen LogP contribution < -0.4 is 9.62 Å². The number of nitrogens with zero attached hydrogens (tertiary/aromatic N) is 2. The summed E-state index contributed by atoms with van der Waals surface area (Å²) in [5.74, 6) is -3.46. The van der Waals surface area contributed by atoms with Gasteiger partial charge < -0.3 is 10.2 Å². The molecule has 2 aromatic carbocycles. The lowest BCUT2D eigenvalue weighted by atomic mass is 10.1. The van der Waals surface area contributed by atoms with E-state index in [9.17, 15) is 26.8 Å². The summed E-state index contributed by atoms with van der Waals surface area (Å²) < 4.78 is 52.8. The van der Waals surface area contributed by atoms with Crippen LogP contribution in [0.15, 0.2) is 42.5 Å². The lowest BCUT2D eigenvalue weighted by molar-refractivity contribution is -0.140. The second kappa shape index (κ2) is 10.5. The van der Waals surface area contributed by atoms with E-state index in [1.54, 1.807) is 33.8 Å². The molecule has 7 nitrogen and oxygen atoms in total. The summed E-state index contributed by atoms with van der Waals surface area (Å²) >= 11 is 0. The standard InChI is InChI=1S/C24H31F2N3O4S/c1-16-9-7-8-10-18(16)14-28(17(2)23(31)27-24(3,4)5)22(30)15-29(34(6,32)33)19-11-12-20(25)21(26)13-19/h7-13,17H,14-15H2,1-6H3,(H,27,31). The number of amides is 2. The first-order valence-corrected chi connectivity index (χ1v) is 12.5. The number of anilines is 1. The van der Waals surface area contributed by atoms with Crippen LogP contribution in [0.1, 0.15) is 38.8 Å². The number of halogens is 2. The maximum atomic E-state index is 13.8. The van der Waals surface area contributed by atoms with E-state index in [1.807, 2.05) is 25.1 Å². The minimum atomic E-state index is -4.04. The van der Waals surface area contributed by atoms with E-state index in [0.29, 0.717) is 10.4 Å². The summed E-state index contributed by atoms with van der Waals surface area (Å²) in [6.07, 6.45) is 0.864. The fourth-order valence-electron chi connectivity index (χ4n) is 3.28. The summed E-state index contributed by atoms with van der Waals surface area (Å²) in [6, 6.07) is 8.97. The van der Waals surface area contributed by atoms with E-state index < -0.39 is 51.6 Å². The molecule has 0 aliphatic rings. The Hall–Kier alpha value is -3.01. The molecule has 0 aliphatic heterocycles. The molecule has 0 saturated heterocycles. The molecular formula is C24H31F2N3O4S. The van der Waals surface area contributed by atoms with E-state index in [4.69, 9.17) is 0 Å². The number of hydrogen-bond donors (Lipinski definition) is 1. The number of sulfonamides is 1. The molecule has 0 spiro atoms. The Morgan fingerprint density at radius 2 is 1.68 bits per heavy atom. The Kier molecular flexibility index (Phi) is 8.41. The molecule has 186 valence electrons. The average Bonchev–Trinajstić information content (AvgIpc) is 2.70. The molecule has 0 aliphatic carbocycles. The van der Waals surface area contributed by atoms with Crippen molar-refractivity contribution >= 4 is 27.5 Å². The molecule has 34 heavy (non-hydrogen) atoms. The third-order valence-electron chi connectivity index (χ3n) is 5.14. The number of nitrogens with one attached hydrogen (secondary N) is 1. The highest BCUT2D eigenvalue weighted by atomic mass is 32.2. The monoisotopic (exact) mass is 495 g/mol. The summed E-state index contributed by atoms with van der Waals surface area (Å²) in [6.45, 7) is 8.20. The van der Waals surface area contributed by atoms with Gasteiger partial charge in [-0.05, 0) is 57.9 Å². The summed E-state index contributed by atoms with van der Waals surface area (Å²) in [5.41, 5.74) is 0.930. The largest absolute Gasteiger partial charge is 0.350 e. The molecule has 0 radical (unpaired) electrons. The molecule has 2 rings (SSSR count). The second-order valence-corrected chi connectivity index (χ2v) is 11.1. The Morgan fingerprint density at radius 3 is 2.21 bits per heavy atom. The van der Waals surface area contributed by atoms with Crippen molar-refractivity contribution in [2.24, 2.45) is 0 Å². The van der Waals surface area contributed by atoms with Crippen molar-refractivity contribution in [3.05, 3.63) is 65.2 Å². The topological polar surface area (TPSA) is 86.8 Å². The van der Waals surface area contributed by atoms with Crippen LogP contribution in [0.4, 0.5) is 14.5 Å². The zero-order chi connectivity index (χ0) is 25.8. The van der Waals surface area contributed by atoms with Crippen molar-refractivity contribution in [3.63, 3.8) is 0 Å². The molecular weight excluding hydrogens is 464 g/mol. The van der Waals surface area contributed by atoms with Gasteiger partial charge in [-0.1, -0.05) is 24.3 Å². The van der Waals surface area contributed by atoms with Crippen LogP contribution in [0.5, 0.6) is 0 Å². The van der Waals surface area contributed by atoms with Crippen LogP contribution >= 0.6 is 0 Å². The number of hydrogen-bond acceptors (Lipinski definition) is 4. The van der Waals surface area contributed by atoms with Crippen LogP contribution in [0.2, 0.25) is 0 Å². The van der Waals surface area contributed by atoms with E-state index in [1.165, 1.54) is 4.90 Å². The van der Waals surface area contributed by atoms with Crippen molar-refractivity contribution in [2.75, 3.05) is 17.1 Å². The zero-order valence-electron chi connectivity index (χ0n) is 20.2. The molecule has 0 saturated carbocycles. The maximum Gasteiger partial charge on any atom is 0.244 e. The van der Waals surface area contributed by atoms with Crippen LogP contribution in [-0.2, 0) is 26.2 Å². The lowest BCUT2D eigenvalue weighted by Gasteiger charge is -2.33. The molecule has 0 aromatic heterocycles. The molecule has 10 heteroatoms.